The van der Waals surface area contributed by atoms with Crippen molar-refractivity contribution >= 4 is 33.3 Å². The van der Waals surface area contributed by atoms with Crippen LogP contribution in [0.2, 0.25) is 5.02 Å². The Balaban J connectivity index is 1.91. The quantitative estimate of drug-likeness (QED) is 0.524. The predicted molar refractivity (Wildman–Crippen MR) is 105 cm³/mol. The first kappa shape index (κ1) is 21.7. The molecule has 156 valence electrons. The standard InChI is InChI=1S/C20H13ClF3NO4S/c21-14-9-10-17(18(12-14)29-30(27,28)16-7-2-1-3-8-16)19(26)25-15-6-4-5-13(11-15)20(22,23)24/h1-12H,(H,25,26). The average molecular weight is 456 g/mol. The van der Waals surface area contributed by atoms with E-state index in [1.165, 1.54) is 42.5 Å². The van der Waals surface area contributed by atoms with Gasteiger partial charge in [-0.25, -0.2) is 0 Å². The molecule has 0 aliphatic heterocycles. The first-order valence-electron chi connectivity index (χ1n) is 8.34. The van der Waals surface area contributed by atoms with Gasteiger partial charge in [0.15, 0.2) is 5.75 Å². The van der Waals surface area contributed by atoms with E-state index in [4.69, 9.17) is 15.8 Å². The zero-order valence-corrected chi connectivity index (χ0v) is 16.6. The van der Waals surface area contributed by atoms with Crippen LogP contribution in [0.4, 0.5) is 18.9 Å². The van der Waals surface area contributed by atoms with Crippen molar-refractivity contribution in [1.29, 1.82) is 0 Å². The number of alkyl halides is 3. The second kappa shape index (κ2) is 8.37. The van der Waals surface area contributed by atoms with E-state index < -0.39 is 27.8 Å². The van der Waals surface area contributed by atoms with Gasteiger partial charge in [0.05, 0.1) is 11.1 Å². The summed E-state index contributed by atoms with van der Waals surface area (Å²) >= 11 is 5.90. The molecule has 0 saturated carbocycles. The van der Waals surface area contributed by atoms with Crippen molar-refractivity contribution in [1.82, 2.24) is 0 Å². The number of halogens is 4. The van der Waals surface area contributed by atoms with Gasteiger partial charge in [-0.05, 0) is 42.5 Å². The lowest BCUT2D eigenvalue weighted by Crippen LogP contribution is -2.17. The van der Waals surface area contributed by atoms with Gasteiger partial charge in [-0.1, -0.05) is 35.9 Å². The molecule has 0 atom stereocenters. The maximum atomic E-state index is 12.9. The molecule has 0 radical (unpaired) electrons. The number of rotatable bonds is 5. The lowest BCUT2D eigenvalue weighted by molar-refractivity contribution is -0.137. The smallest absolute Gasteiger partial charge is 0.378 e. The second-order valence-electron chi connectivity index (χ2n) is 6.02. The van der Waals surface area contributed by atoms with Crippen LogP contribution in [-0.4, -0.2) is 14.3 Å². The van der Waals surface area contributed by atoms with E-state index >= 15 is 0 Å². The van der Waals surface area contributed by atoms with Crippen LogP contribution in [0, 0.1) is 0 Å². The minimum Gasteiger partial charge on any atom is -0.378 e. The highest BCUT2D eigenvalue weighted by Gasteiger charge is 2.30. The summed E-state index contributed by atoms with van der Waals surface area (Å²) in [4.78, 5) is 12.5. The molecule has 0 aliphatic rings. The maximum absolute atomic E-state index is 12.9. The Morgan fingerprint density at radius 1 is 0.933 bits per heavy atom. The Hall–Kier alpha value is -3.04. The highest BCUT2D eigenvalue weighted by molar-refractivity contribution is 7.87. The van der Waals surface area contributed by atoms with Crippen LogP contribution in [0.1, 0.15) is 15.9 Å². The van der Waals surface area contributed by atoms with Crippen molar-refractivity contribution in [3.63, 3.8) is 0 Å². The van der Waals surface area contributed by atoms with Gasteiger partial charge in [-0.15, -0.1) is 0 Å². The minimum atomic E-state index is -4.58. The molecule has 1 amide bonds. The highest BCUT2D eigenvalue weighted by Crippen LogP contribution is 2.31. The first-order chi connectivity index (χ1) is 14.1. The van der Waals surface area contributed by atoms with Gasteiger partial charge < -0.3 is 9.50 Å². The van der Waals surface area contributed by atoms with Gasteiger partial charge in [0.2, 0.25) is 0 Å². The van der Waals surface area contributed by atoms with Gasteiger partial charge in [-0.2, -0.15) is 21.6 Å². The van der Waals surface area contributed by atoms with Crippen LogP contribution in [0.5, 0.6) is 5.75 Å². The molecule has 3 aromatic carbocycles. The van der Waals surface area contributed by atoms with Crippen molar-refractivity contribution in [2.24, 2.45) is 0 Å². The van der Waals surface area contributed by atoms with E-state index in [-0.39, 0.29) is 26.9 Å². The first-order valence-corrected chi connectivity index (χ1v) is 10.1. The fourth-order valence-electron chi connectivity index (χ4n) is 2.48. The van der Waals surface area contributed by atoms with E-state index in [0.29, 0.717) is 0 Å². The molecule has 0 spiro atoms. The van der Waals surface area contributed by atoms with Crippen LogP contribution in [0.3, 0.4) is 0 Å². The van der Waals surface area contributed by atoms with Crippen LogP contribution < -0.4 is 9.50 Å². The van der Waals surface area contributed by atoms with Crippen molar-refractivity contribution < 1.29 is 30.6 Å². The van der Waals surface area contributed by atoms with E-state index in [1.54, 1.807) is 6.07 Å². The van der Waals surface area contributed by atoms with Gasteiger partial charge >= 0.3 is 16.3 Å². The Bertz CT molecular complexity index is 1180. The number of hydrogen-bond donors (Lipinski definition) is 1. The SMILES string of the molecule is O=C(Nc1cccc(C(F)(F)F)c1)c1ccc(Cl)cc1OS(=O)(=O)c1ccccc1. The molecular formula is C20H13ClF3NO4S. The molecule has 5 nitrogen and oxygen atoms in total. The van der Waals surface area contributed by atoms with Crippen LogP contribution in [-0.2, 0) is 16.3 Å². The summed E-state index contributed by atoms with van der Waals surface area (Å²) in [5.74, 6) is -1.24. The molecule has 0 fully saturated rings. The number of hydrogen-bond acceptors (Lipinski definition) is 4. The van der Waals surface area contributed by atoms with Gasteiger partial charge in [-0.3, -0.25) is 4.79 Å². The maximum Gasteiger partial charge on any atom is 0.416 e. The highest BCUT2D eigenvalue weighted by atomic mass is 35.5. The number of nitrogens with one attached hydrogen (secondary N) is 1. The van der Waals surface area contributed by atoms with Gasteiger partial charge in [0.1, 0.15) is 4.90 Å². The molecule has 0 aliphatic carbocycles. The van der Waals surface area contributed by atoms with Crippen LogP contribution in [0.15, 0.2) is 77.7 Å². The molecule has 0 unspecified atom stereocenters. The summed E-state index contributed by atoms with van der Waals surface area (Å²) in [5, 5.41) is 2.40. The molecule has 0 bridgehead atoms. The van der Waals surface area contributed by atoms with E-state index in [9.17, 15) is 26.4 Å². The van der Waals surface area contributed by atoms with Crippen molar-refractivity contribution in [2.45, 2.75) is 11.1 Å². The second-order valence-corrected chi connectivity index (χ2v) is 8.01. The number of amides is 1. The molecule has 0 aromatic heterocycles. The fourth-order valence-corrected chi connectivity index (χ4v) is 3.60. The Labute approximate surface area is 175 Å². The molecule has 0 heterocycles. The predicted octanol–water partition coefficient (Wildman–Crippen LogP) is 5.38. The summed E-state index contributed by atoms with van der Waals surface area (Å²) in [7, 11) is -4.27. The largest absolute Gasteiger partial charge is 0.416 e. The molecule has 3 aromatic rings. The fraction of sp³-hybridized carbons (Fsp3) is 0.0500. The lowest BCUT2D eigenvalue weighted by Gasteiger charge is -2.13. The van der Waals surface area contributed by atoms with Crippen molar-refractivity contribution in [3.8, 4) is 5.75 Å². The lowest BCUT2D eigenvalue weighted by atomic mass is 10.1. The monoisotopic (exact) mass is 455 g/mol. The summed E-state index contributed by atoms with van der Waals surface area (Å²) in [6.07, 6.45) is -4.58. The number of benzene rings is 3. The zero-order valence-electron chi connectivity index (χ0n) is 15.0. The molecular weight excluding hydrogens is 443 g/mol. The van der Waals surface area contributed by atoms with E-state index in [0.717, 1.165) is 24.3 Å². The zero-order chi connectivity index (χ0) is 21.9. The topological polar surface area (TPSA) is 72.5 Å². The van der Waals surface area contributed by atoms with E-state index in [1.807, 2.05) is 0 Å². The Morgan fingerprint density at radius 3 is 2.30 bits per heavy atom. The Morgan fingerprint density at radius 2 is 1.63 bits per heavy atom. The van der Waals surface area contributed by atoms with E-state index in [2.05, 4.69) is 5.32 Å². The average Bonchev–Trinajstić information content (AvgIpc) is 2.68. The number of carbonyl (C=O) groups excluding carboxylic acids is 1. The molecule has 3 rings (SSSR count). The minimum absolute atomic E-state index is 0.101. The Kier molecular flexibility index (Phi) is 6.04. The third-order valence-corrected chi connectivity index (χ3v) is 5.35. The summed E-state index contributed by atoms with van der Waals surface area (Å²) in [6, 6.07) is 14.9. The molecule has 0 saturated heterocycles. The molecule has 1 N–H and O–H groups in total. The van der Waals surface area contributed by atoms with Crippen LogP contribution >= 0.6 is 11.6 Å². The summed E-state index contributed by atoms with van der Waals surface area (Å²) < 4.78 is 68.7. The van der Waals surface area contributed by atoms with Crippen molar-refractivity contribution in [3.05, 3.63) is 88.9 Å². The van der Waals surface area contributed by atoms with Gasteiger partial charge in [0, 0.05) is 16.8 Å². The summed E-state index contributed by atoms with van der Waals surface area (Å²) in [5.41, 5.74) is -1.29. The third-order valence-electron chi connectivity index (χ3n) is 3.87. The van der Waals surface area contributed by atoms with Crippen molar-refractivity contribution in [2.75, 3.05) is 5.32 Å². The van der Waals surface area contributed by atoms with Crippen LogP contribution in [0.25, 0.3) is 0 Å². The van der Waals surface area contributed by atoms with Gasteiger partial charge in [0.25, 0.3) is 5.91 Å². The normalized spacial score (nSPS) is 11.7. The number of carbonyl (C=O) groups is 1. The number of anilines is 1. The summed E-state index contributed by atoms with van der Waals surface area (Å²) in [6.45, 7) is 0. The molecule has 30 heavy (non-hydrogen) atoms. The molecule has 10 heteroatoms. The third kappa shape index (κ3) is 5.11.